The van der Waals surface area contributed by atoms with E-state index < -0.39 is 73.8 Å². The first-order chi connectivity index (χ1) is 17.6. The number of primary amides is 1. The summed E-state index contributed by atoms with van der Waals surface area (Å²) in [5.74, 6) is -1.13. The number of H-pyrrole nitrogens is 1. The molecule has 37 heavy (non-hydrogen) atoms. The summed E-state index contributed by atoms with van der Waals surface area (Å²) in [6, 6.07) is 0. The van der Waals surface area contributed by atoms with Crippen molar-refractivity contribution in [3.63, 3.8) is 0 Å². The number of amides is 1. The SMILES string of the molecule is NC(=O)c1ncn([C@@H]2O[C@H](CO)[C@@H](O)[C@H]2O)n1.Nc1nc2c(ncn2[C@@H]2O[C@H](CO)[C@@H](O)[C@H]2O)c(=O)[nH]1. The first-order valence-corrected chi connectivity index (χ1v) is 10.8. The number of aliphatic hydroxyl groups excluding tert-OH is 6. The molecule has 0 spiro atoms. The maximum atomic E-state index is 11.7. The summed E-state index contributed by atoms with van der Waals surface area (Å²) in [5.41, 5.74) is 10.1. The zero-order valence-corrected chi connectivity index (χ0v) is 18.8. The standard InChI is InChI=1S/C10H13N5O5.C8H12N4O5/c11-10-13-7-4(8(19)14-10)12-2-15(7)9-6(18)5(17)3(1-16)20-9;9-6(16)7-10-2-12(11-7)8-5(15)4(14)3(1-13)17-8/h2-3,5-6,9,16-18H,1H2,(H3,11,13,14,19);2-5,8,13-15H,1H2,(H2,9,16)/t3-,5-,6-,9-;3-,4-,5-,8-/m11/s1. The molecule has 5 rings (SSSR count). The number of rotatable bonds is 5. The number of hydrogen-bond donors (Lipinski definition) is 9. The maximum Gasteiger partial charge on any atom is 0.288 e. The summed E-state index contributed by atoms with van der Waals surface area (Å²) in [7, 11) is 0. The van der Waals surface area contributed by atoms with E-state index in [0.29, 0.717) is 0 Å². The lowest BCUT2D eigenvalue weighted by molar-refractivity contribution is -0.0588. The third-order valence-corrected chi connectivity index (χ3v) is 5.75. The molecule has 1 amide bonds. The molecule has 3 aromatic heterocycles. The van der Waals surface area contributed by atoms with Gasteiger partial charge in [-0.3, -0.25) is 19.1 Å². The molecule has 2 saturated heterocycles. The number of nitrogens with one attached hydrogen (secondary N) is 1. The summed E-state index contributed by atoms with van der Waals surface area (Å²) >= 11 is 0. The largest absolute Gasteiger partial charge is 0.394 e. The van der Waals surface area contributed by atoms with E-state index in [0.717, 1.165) is 11.0 Å². The van der Waals surface area contributed by atoms with Crippen molar-refractivity contribution in [1.29, 1.82) is 0 Å². The highest BCUT2D eigenvalue weighted by atomic mass is 16.6. The number of carbonyl (C=O) groups is 1. The third-order valence-electron chi connectivity index (χ3n) is 5.75. The van der Waals surface area contributed by atoms with Crippen LogP contribution >= 0.6 is 0 Å². The van der Waals surface area contributed by atoms with E-state index in [2.05, 4.69) is 25.0 Å². The zero-order chi connectivity index (χ0) is 27.0. The second kappa shape index (κ2) is 10.4. The average Bonchev–Trinajstić information content (AvgIpc) is 3.62. The molecule has 202 valence electrons. The summed E-state index contributed by atoms with van der Waals surface area (Å²) in [6.45, 7) is -0.885. The van der Waals surface area contributed by atoms with Crippen molar-refractivity contribution in [2.45, 2.75) is 49.1 Å². The fourth-order valence-electron chi connectivity index (χ4n) is 3.85. The average molecular weight is 527 g/mol. The van der Waals surface area contributed by atoms with Gasteiger partial charge in [-0.25, -0.2) is 14.6 Å². The van der Waals surface area contributed by atoms with Crippen LogP contribution < -0.4 is 17.0 Å². The second-order valence-electron chi connectivity index (χ2n) is 8.15. The van der Waals surface area contributed by atoms with Crippen molar-refractivity contribution >= 4 is 23.0 Å². The Morgan fingerprint density at radius 1 is 0.973 bits per heavy atom. The minimum absolute atomic E-state index is 0.0388. The minimum atomic E-state index is -1.29. The Labute approximate surface area is 205 Å². The van der Waals surface area contributed by atoms with Crippen molar-refractivity contribution in [2.75, 3.05) is 18.9 Å². The van der Waals surface area contributed by atoms with Crippen molar-refractivity contribution in [3.8, 4) is 0 Å². The van der Waals surface area contributed by atoms with E-state index in [1.807, 2.05) is 0 Å². The van der Waals surface area contributed by atoms with Gasteiger partial charge >= 0.3 is 0 Å². The number of ether oxygens (including phenoxy) is 2. The number of aromatic nitrogens is 7. The highest BCUT2D eigenvalue weighted by Gasteiger charge is 2.45. The predicted octanol–water partition coefficient (Wildman–Crippen LogP) is -5.70. The fraction of sp³-hybridized carbons (Fsp3) is 0.556. The quantitative estimate of drug-likeness (QED) is 0.149. The molecule has 0 aromatic carbocycles. The van der Waals surface area contributed by atoms with Gasteiger partial charge in [0.25, 0.3) is 11.5 Å². The third kappa shape index (κ3) is 4.89. The number of fused-ring (bicyclic) bond motifs is 1. The van der Waals surface area contributed by atoms with E-state index in [9.17, 15) is 30.0 Å². The molecule has 0 bridgehead atoms. The van der Waals surface area contributed by atoms with Gasteiger partial charge in [-0.05, 0) is 0 Å². The van der Waals surface area contributed by atoms with Gasteiger partial charge < -0.3 is 51.6 Å². The molecule has 0 saturated carbocycles. The van der Waals surface area contributed by atoms with Gasteiger partial charge in [-0.15, -0.1) is 5.10 Å². The smallest absolute Gasteiger partial charge is 0.288 e. The molecule has 3 aromatic rings. The number of anilines is 1. The van der Waals surface area contributed by atoms with Gasteiger partial charge in [0.05, 0.1) is 19.5 Å². The lowest BCUT2D eigenvalue weighted by atomic mass is 10.1. The zero-order valence-electron chi connectivity index (χ0n) is 18.8. The molecule has 11 N–H and O–H groups in total. The van der Waals surface area contributed by atoms with Gasteiger partial charge in [-0.1, -0.05) is 0 Å². The minimum Gasteiger partial charge on any atom is -0.394 e. The number of nitrogen functional groups attached to an aromatic ring is 1. The number of aliphatic hydroxyl groups is 6. The fourth-order valence-corrected chi connectivity index (χ4v) is 3.85. The Balaban J connectivity index is 0.000000176. The molecule has 2 aliphatic heterocycles. The van der Waals surface area contributed by atoms with Crippen LogP contribution in [0.1, 0.15) is 23.1 Å². The molecular weight excluding hydrogens is 502 g/mol. The van der Waals surface area contributed by atoms with Crippen LogP contribution in [0.25, 0.3) is 11.2 Å². The number of nitrogens with zero attached hydrogens (tertiary/aromatic N) is 6. The number of aromatic amines is 1. The normalized spacial score (nSPS) is 31.4. The Bertz CT molecular complexity index is 1310. The van der Waals surface area contributed by atoms with E-state index in [-0.39, 0.29) is 22.9 Å². The Morgan fingerprint density at radius 3 is 2.11 bits per heavy atom. The Hall–Kier alpha value is -3.56. The molecule has 19 heteroatoms. The molecule has 8 atom stereocenters. The van der Waals surface area contributed by atoms with Crippen LogP contribution in [0.2, 0.25) is 0 Å². The Kier molecular flexibility index (Phi) is 7.47. The van der Waals surface area contributed by atoms with Crippen LogP contribution in [0.15, 0.2) is 17.4 Å². The van der Waals surface area contributed by atoms with Crippen LogP contribution in [0.3, 0.4) is 0 Å². The van der Waals surface area contributed by atoms with Crippen LogP contribution in [-0.4, -0.2) is 121 Å². The number of nitrogens with two attached hydrogens (primary N) is 2. The first-order valence-electron chi connectivity index (χ1n) is 10.8. The predicted molar refractivity (Wildman–Crippen MR) is 117 cm³/mol. The van der Waals surface area contributed by atoms with Gasteiger partial charge in [0.1, 0.15) is 43.0 Å². The lowest BCUT2D eigenvalue weighted by Crippen LogP contribution is -2.33. The summed E-state index contributed by atoms with van der Waals surface area (Å²) in [6.07, 6.45) is -6.48. The number of hydrogen-bond acceptors (Lipinski definition) is 15. The first kappa shape index (κ1) is 26.5. The van der Waals surface area contributed by atoms with Gasteiger partial charge in [0, 0.05) is 0 Å². The van der Waals surface area contributed by atoms with E-state index >= 15 is 0 Å². The number of imidazole rings is 1. The highest BCUT2D eigenvalue weighted by molar-refractivity contribution is 5.88. The molecule has 0 radical (unpaired) electrons. The summed E-state index contributed by atoms with van der Waals surface area (Å²) < 4.78 is 12.9. The van der Waals surface area contributed by atoms with Crippen molar-refractivity contribution < 1.29 is 44.9 Å². The highest BCUT2D eigenvalue weighted by Crippen LogP contribution is 2.31. The molecular formula is C18H25N9O10. The summed E-state index contributed by atoms with van der Waals surface area (Å²) in [5, 5.41) is 60.5. The van der Waals surface area contributed by atoms with Crippen molar-refractivity contribution in [3.05, 3.63) is 28.8 Å². The van der Waals surface area contributed by atoms with Crippen LogP contribution in [0.5, 0.6) is 0 Å². The van der Waals surface area contributed by atoms with E-state index in [1.165, 1.54) is 10.9 Å². The van der Waals surface area contributed by atoms with Crippen molar-refractivity contribution in [1.82, 2.24) is 34.3 Å². The molecule has 0 unspecified atom stereocenters. The van der Waals surface area contributed by atoms with Gasteiger partial charge in [0.2, 0.25) is 11.8 Å². The molecule has 2 aliphatic rings. The monoisotopic (exact) mass is 527 g/mol. The van der Waals surface area contributed by atoms with Crippen molar-refractivity contribution in [2.24, 2.45) is 5.73 Å². The summed E-state index contributed by atoms with van der Waals surface area (Å²) in [4.78, 5) is 36.2. The number of carbonyl (C=O) groups excluding carboxylic acids is 1. The van der Waals surface area contributed by atoms with Gasteiger partial charge in [-0.2, -0.15) is 4.98 Å². The van der Waals surface area contributed by atoms with E-state index in [1.54, 1.807) is 0 Å². The maximum absolute atomic E-state index is 11.7. The molecule has 5 heterocycles. The van der Waals surface area contributed by atoms with Crippen LogP contribution in [0, 0.1) is 0 Å². The topological polar surface area (TPSA) is 303 Å². The molecule has 2 fully saturated rings. The van der Waals surface area contributed by atoms with Crippen LogP contribution in [0.4, 0.5) is 5.95 Å². The van der Waals surface area contributed by atoms with Crippen LogP contribution in [-0.2, 0) is 9.47 Å². The second-order valence-corrected chi connectivity index (χ2v) is 8.15. The molecule has 0 aliphatic carbocycles. The Morgan fingerprint density at radius 2 is 1.57 bits per heavy atom. The molecule has 19 nitrogen and oxygen atoms in total. The lowest BCUT2D eigenvalue weighted by Gasteiger charge is -2.16. The van der Waals surface area contributed by atoms with E-state index in [4.69, 9.17) is 31.2 Å². The van der Waals surface area contributed by atoms with Gasteiger partial charge in [0.15, 0.2) is 23.6 Å².